The molecule has 0 spiro atoms. The average Bonchev–Trinajstić information content (AvgIpc) is 2.10. The number of ether oxygens (including phenoxy) is 1. The first-order valence-corrected chi connectivity index (χ1v) is 4.30. The molecule has 13 heavy (non-hydrogen) atoms. The monoisotopic (exact) mass is 184 g/mol. The molecule has 3 heteroatoms. The summed E-state index contributed by atoms with van der Waals surface area (Å²) in [7, 11) is 0. The summed E-state index contributed by atoms with van der Waals surface area (Å²) in [6.45, 7) is 2.42. The molecular weight excluding hydrogens is 171 g/mol. The average molecular weight is 184 g/mol. The molecule has 72 valence electrons. The van der Waals surface area contributed by atoms with E-state index in [0.717, 1.165) is 0 Å². The SMILES string of the molecule is CCOc1ccc(F)cc1CCO. The fourth-order valence-corrected chi connectivity index (χ4v) is 1.16. The molecule has 1 aromatic rings. The van der Waals surface area contributed by atoms with E-state index in [4.69, 9.17) is 9.84 Å². The maximum atomic E-state index is 12.8. The first-order valence-electron chi connectivity index (χ1n) is 4.30. The van der Waals surface area contributed by atoms with Crippen LogP contribution in [0.25, 0.3) is 0 Å². The molecule has 1 rings (SSSR count). The zero-order valence-corrected chi connectivity index (χ0v) is 7.59. The van der Waals surface area contributed by atoms with Gasteiger partial charge in [0.1, 0.15) is 11.6 Å². The lowest BCUT2D eigenvalue weighted by atomic mass is 10.1. The Hall–Kier alpha value is -1.09. The van der Waals surface area contributed by atoms with E-state index in [0.29, 0.717) is 24.3 Å². The van der Waals surface area contributed by atoms with Crippen molar-refractivity contribution in [1.82, 2.24) is 0 Å². The Bertz CT molecular complexity index is 274. The van der Waals surface area contributed by atoms with Crippen molar-refractivity contribution in [3.8, 4) is 5.75 Å². The number of hydrogen-bond acceptors (Lipinski definition) is 2. The van der Waals surface area contributed by atoms with Gasteiger partial charge in [0, 0.05) is 6.61 Å². The molecule has 0 aliphatic rings. The maximum Gasteiger partial charge on any atom is 0.123 e. The Balaban J connectivity index is 2.89. The van der Waals surface area contributed by atoms with Crippen LogP contribution in [0.15, 0.2) is 18.2 Å². The van der Waals surface area contributed by atoms with Gasteiger partial charge in [0.15, 0.2) is 0 Å². The zero-order valence-electron chi connectivity index (χ0n) is 7.59. The highest BCUT2D eigenvalue weighted by molar-refractivity contribution is 5.34. The predicted molar refractivity (Wildman–Crippen MR) is 48.4 cm³/mol. The van der Waals surface area contributed by atoms with E-state index in [1.54, 1.807) is 6.07 Å². The zero-order chi connectivity index (χ0) is 9.68. The maximum absolute atomic E-state index is 12.8. The molecule has 0 radical (unpaired) electrons. The molecule has 0 fully saturated rings. The normalized spacial score (nSPS) is 10.1. The molecule has 0 aliphatic carbocycles. The molecule has 0 aliphatic heterocycles. The van der Waals surface area contributed by atoms with Crippen LogP contribution in [0.4, 0.5) is 4.39 Å². The van der Waals surface area contributed by atoms with Crippen LogP contribution in [-0.4, -0.2) is 18.3 Å². The van der Waals surface area contributed by atoms with Gasteiger partial charge in [-0.25, -0.2) is 4.39 Å². The Kier molecular flexibility index (Phi) is 3.71. The quantitative estimate of drug-likeness (QED) is 0.772. The van der Waals surface area contributed by atoms with Gasteiger partial charge >= 0.3 is 0 Å². The molecule has 2 nitrogen and oxygen atoms in total. The second-order valence-electron chi connectivity index (χ2n) is 2.66. The minimum absolute atomic E-state index is 0.00350. The molecule has 0 saturated carbocycles. The van der Waals surface area contributed by atoms with Crippen LogP contribution in [-0.2, 0) is 6.42 Å². The van der Waals surface area contributed by atoms with Gasteiger partial charge in [-0.05, 0) is 37.1 Å². The van der Waals surface area contributed by atoms with Crippen molar-refractivity contribution in [2.45, 2.75) is 13.3 Å². The van der Waals surface area contributed by atoms with Crippen LogP contribution < -0.4 is 4.74 Å². The van der Waals surface area contributed by atoms with E-state index in [9.17, 15) is 4.39 Å². The first-order chi connectivity index (χ1) is 6.27. The van der Waals surface area contributed by atoms with Gasteiger partial charge in [-0.3, -0.25) is 0 Å². The lowest BCUT2D eigenvalue weighted by molar-refractivity contribution is 0.292. The third kappa shape index (κ3) is 2.70. The topological polar surface area (TPSA) is 29.5 Å². The van der Waals surface area contributed by atoms with E-state index in [1.165, 1.54) is 12.1 Å². The second-order valence-corrected chi connectivity index (χ2v) is 2.66. The number of aliphatic hydroxyl groups excluding tert-OH is 1. The molecule has 1 N–H and O–H groups in total. The minimum atomic E-state index is -0.299. The van der Waals surface area contributed by atoms with E-state index in [-0.39, 0.29) is 12.4 Å². The summed E-state index contributed by atoms with van der Waals surface area (Å²) in [5, 5.41) is 8.73. The molecule has 0 aromatic heterocycles. The van der Waals surface area contributed by atoms with E-state index in [2.05, 4.69) is 0 Å². The van der Waals surface area contributed by atoms with Gasteiger partial charge in [-0.15, -0.1) is 0 Å². The third-order valence-corrected chi connectivity index (χ3v) is 1.70. The van der Waals surface area contributed by atoms with Crippen LogP contribution in [0.2, 0.25) is 0 Å². The fourth-order valence-electron chi connectivity index (χ4n) is 1.16. The van der Waals surface area contributed by atoms with Gasteiger partial charge < -0.3 is 9.84 Å². The number of benzene rings is 1. The lowest BCUT2D eigenvalue weighted by Crippen LogP contribution is -1.99. The second kappa shape index (κ2) is 4.82. The largest absolute Gasteiger partial charge is 0.494 e. The number of rotatable bonds is 4. The van der Waals surface area contributed by atoms with Crippen LogP contribution in [0.3, 0.4) is 0 Å². The van der Waals surface area contributed by atoms with Crippen LogP contribution >= 0.6 is 0 Å². The van der Waals surface area contributed by atoms with Crippen LogP contribution in [0.5, 0.6) is 5.75 Å². The smallest absolute Gasteiger partial charge is 0.123 e. The van der Waals surface area contributed by atoms with Crippen molar-refractivity contribution in [1.29, 1.82) is 0 Å². The Morgan fingerprint density at radius 2 is 2.23 bits per heavy atom. The number of aliphatic hydroxyl groups is 1. The molecule has 0 saturated heterocycles. The van der Waals surface area contributed by atoms with Gasteiger partial charge in [0.25, 0.3) is 0 Å². The summed E-state index contributed by atoms with van der Waals surface area (Å²) in [6.07, 6.45) is 0.424. The van der Waals surface area contributed by atoms with Crippen molar-refractivity contribution < 1.29 is 14.2 Å². The third-order valence-electron chi connectivity index (χ3n) is 1.70. The molecule has 0 atom stereocenters. The van der Waals surface area contributed by atoms with E-state index < -0.39 is 0 Å². The van der Waals surface area contributed by atoms with Crippen molar-refractivity contribution in [2.75, 3.05) is 13.2 Å². The number of halogens is 1. The summed E-state index contributed by atoms with van der Waals surface area (Å²) < 4.78 is 18.0. The minimum Gasteiger partial charge on any atom is -0.494 e. The molecule has 0 bridgehead atoms. The van der Waals surface area contributed by atoms with Gasteiger partial charge in [0.2, 0.25) is 0 Å². The van der Waals surface area contributed by atoms with Crippen LogP contribution in [0, 0.1) is 5.82 Å². The molecule has 0 heterocycles. The van der Waals surface area contributed by atoms with Crippen molar-refractivity contribution in [3.63, 3.8) is 0 Å². The van der Waals surface area contributed by atoms with E-state index in [1.807, 2.05) is 6.92 Å². The summed E-state index contributed by atoms with van der Waals surface area (Å²) in [5.41, 5.74) is 0.712. The van der Waals surface area contributed by atoms with Crippen molar-refractivity contribution in [3.05, 3.63) is 29.6 Å². The molecule has 1 aromatic carbocycles. The van der Waals surface area contributed by atoms with Crippen LogP contribution in [0.1, 0.15) is 12.5 Å². The Morgan fingerprint density at radius 1 is 1.46 bits per heavy atom. The fraction of sp³-hybridized carbons (Fsp3) is 0.400. The van der Waals surface area contributed by atoms with Crippen molar-refractivity contribution in [2.24, 2.45) is 0 Å². The first kappa shape index (κ1) is 9.99. The van der Waals surface area contributed by atoms with Gasteiger partial charge in [-0.1, -0.05) is 0 Å². The standard InChI is InChI=1S/C10H13FO2/c1-2-13-10-4-3-9(11)7-8(10)5-6-12/h3-4,7,12H,2,5-6H2,1H3. The van der Waals surface area contributed by atoms with Crippen molar-refractivity contribution >= 4 is 0 Å². The summed E-state index contributed by atoms with van der Waals surface area (Å²) in [4.78, 5) is 0. The molecule has 0 unspecified atom stereocenters. The Labute approximate surface area is 77.0 Å². The highest BCUT2D eigenvalue weighted by Crippen LogP contribution is 2.19. The lowest BCUT2D eigenvalue weighted by Gasteiger charge is -2.08. The van der Waals surface area contributed by atoms with Gasteiger partial charge in [0.05, 0.1) is 6.61 Å². The molecular formula is C10H13FO2. The predicted octanol–water partition coefficient (Wildman–Crippen LogP) is 1.76. The Morgan fingerprint density at radius 3 is 2.85 bits per heavy atom. The number of hydrogen-bond donors (Lipinski definition) is 1. The summed E-state index contributed by atoms with van der Waals surface area (Å²) >= 11 is 0. The van der Waals surface area contributed by atoms with E-state index >= 15 is 0 Å². The highest BCUT2D eigenvalue weighted by atomic mass is 19.1. The van der Waals surface area contributed by atoms with Gasteiger partial charge in [-0.2, -0.15) is 0 Å². The summed E-state index contributed by atoms with van der Waals surface area (Å²) in [5.74, 6) is 0.352. The summed E-state index contributed by atoms with van der Waals surface area (Å²) in [6, 6.07) is 4.33. The molecule has 0 amide bonds. The highest BCUT2D eigenvalue weighted by Gasteiger charge is 2.03.